The van der Waals surface area contributed by atoms with E-state index in [4.69, 9.17) is 27.9 Å². The maximum absolute atomic E-state index is 12.7. The average Bonchev–Trinajstić information content (AvgIpc) is 2.77. The Morgan fingerprint density at radius 3 is 2.35 bits per heavy atom. The Hall–Kier alpha value is -2.82. The Morgan fingerprint density at radius 2 is 1.65 bits per heavy atom. The number of hydrogen-bond donors (Lipinski definition) is 1. The van der Waals surface area contributed by atoms with Crippen LogP contribution in [-0.2, 0) is 17.6 Å². The number of amides is 1. The Kier molecular flexibility index (Phi) is 8.10. The van der Waals surface area contributed by atoms with Crippen LogP contribution in [-0.4, -0.2) is 11.9 Å². The second-order valence-electron chi connectivity index (χ2n) is 7.16. The van der Waals surface area contributed by atoms with E-state index in [1.807, 2.05) is 18.2 Å². The lowest BCUT2D eigenvalue weighted by Gasteiger charge is -2.14. The van der Waals surface area contributed by atoms with Crippen molar-refractivity contribution in [2.75, 3.05) is 5.32 Å². The highest BCUT2D eigenvalue weighted by atomic mass is 35.5. The van der Waals surface area contributed by atoms with Crippen LogP contribution < -0.4 is 10.1 Å². The Labute approximate surface area is 192 Å². The van der Waals surface area contributed by atoms with Gasteiger partial charge in [-0.2, -0.15) is 0 Å². The molecule has 0 heterocycles. The maximum atomic E-state index is 12.7. The van der Waals surface area contributed by atoms with Crippen molar-refractivity contribution < 1.29 is 14.3 Å². The third-order valence-corrected chi connectivity index (χ3v) is 5.44. The van der Waals surface area contributed by atoms with E-state index >= 15 is 0 Å². The molecule has 0 saturated carbocycles. The standard InChI is InChI=1S/C25H23Cl2NO3/c1-2-3-7-17-11-13-23(31-25(30)19-8-5-4-6-9-19)22(15-17)28-24(29)16-18-10-12-20(26)21(27)14-18/h4-6,8-15H,2-3,7,16H2,1H3,(H,28,29). The van der Waals surface area contributed by atoms with Gasteiger partial charge in [0.25, 0.3) is 0 Å². The fourth-order valence-corrected chi connectivity index (χ4v) is 3.38. The highest BCUT2D eigenvalue weighted by molar-refractivity contribution is 6.42. The molecule has 0 fully saturated rings. The number of hydrogen-bond acceptors (Lipinski definition) is 3. The third kappa shape index (κ3) is 6.58. The van der Waals surface area contributed by atoms with E-state index in [-0.39, 0.29) is 12.3 Å². The van der Waals surface area contributed by atoms with Gasteiger partial charge in [-0.15, -0.1) is 0 Å². The zero-order valence-corrected chi connectivity index (χ0v) is 18.7. The van der Waals surface area contributed by atoms with E-state index in [1.54, 1.807) is 48.5 Å². The SMILES string of the molecule is CCCCc1ccc(OC(=O)c2ccccc2)c(NC(=O)Cc2ccc(Cl)c(Cl)c2)c1. The summed E-state index contributed by atoms with van der Waals surface area (Å²) in [4.78, 5) is 25.2. The molecule has 0 aliphatic heterocycles. The summed E-state index contributed by atoms with van der Waals surface area (Å²) in [6.07, 6.45) is 3.07. The minimum absolute atomic E-state index is 0.113. The van der Waals surface area contributed by atoms with Gasteiger partial charge in [-0.1, -0.05) is 66.9 Å². The highest BCUT2D eigenvalue weighted by Gasteiger charge is 2.15. The summed E-state index contributed by atoms with van der Waals surface area (Å²) in [6.45, 7) is 2.12. The molecule has 4 nitrogen and oxygen atoms in total. The van der Waals surface area contributed by atoms with Crippen LogP contribution in [0.5, 0.6) is 5.75 Å². The van der Waals surface area contributed by atoms with Gasteiger partial charge >= 0.3 is 5.97 Å². The van der Waals surface area contributed by atoms with Gasteiger partial charge in [-0.3, -0.25) is 4.79 Å². The monoisotopic (exact) mass is 455 g/mol. The van der Waals surface area contributed by atoms with Crippen LogP contribution >= 0.6 is 23.2 Å². The summed E-state index contributed by atoms with van der Waals surface area (Å²) >= 11 is 12.0. The van der Waals surface area contributed by atoms with Crippen LogP contribution in [0.4, 0.5) is 5.69 Å². The first-order chi connectivity index (χ1) is 15.0. The zero-order valence-electron chi connectivity index (χ0n) is 17.2. The molecule has 1 N–H and O–H groups in total. The lowest BCUT2D eigenvalue weighted by Crippen LogP contribution is -2.17. The number of nitrogens with one attached hydrogen (secondary N) is 1. The molecular formula is C25H23Cl2NO3. The highest BCUT2D eigenvalue weighted by Crippen LogP contribution is 2.28. The van der Waals surface area contributed by atoms with Crippen molar-refractivity contribution in [2.45, 2.75) is 32.6 Å². The lowest BCUT2D eigenvalue weighted by atomic mass is 10.1. The van der Waals surface area contributed by atoms with E-state index in [1.165, 1.54) is 0 Å². The van der Waals surface area contributed by atoms with Crippen LogP contribution in [0, 0.1) is 0 Å². The second kappa shape index (κ2) is 11.0. The van der Waals surface area contributed by atoms with Gasteiger partial charge in [0, 0.05) is 0 Å². The summed E-state index contributed by atoms with van der Waals surface area (Å²) in [6, 6.07) is 19.3. The van der Waals surface area contributed by atoms with Crippen molar-refractivity contribution in [1.82, 2.24) is 0 Å². The maximum Gasteiger partial charge on any atom is 0.343 e. The van der Waals surface area contributed by atoms with Gasteiger partial charge in [-0.25, -0.2) is 4.79 Å². The predicted molar refractivity (Wildman–Crippen MR) is 125 cm³/mol. The number of anilines is 1. The van der Waals surface area contributed by atoms with E-state index in [0.29, 0.717) is 27.0 Å². The Morgan fingerprint density at radius 1 is 0.903 bits per heavy atom. The number of ether oxygens (including phenoxy) is 1. The molecule has 0 aliphatic rings. The summed E-state index contributed by atoms with van der Waals surface area (Å²) in [7, 11) is 0. The molecule has 3 aromatic carbocycles. The van der Waals surface area contributed by atoms with Crippen LogP contribution in [0.1, 0.15) is 41.3 Å². The van der Waals surface area contributed by atoms with E-state index < -0.39 is 5.97 Å². The number of rotatable bonds is 8. The number of unbranched alkanes of at least 4 members (excludes halogenated alkanes) is 1. The van der Waals surface area contributed by atoms with Crippen molar-refractivity contribution in [3.05, 3.63) is 93.5 Å². The second-order valence-corrected chi connectivity index (χ2v) is 7.98. The quantitative estimate of drug-likeness (QED) is 0.302. The molecule has 3 aromatic rings. The number of carbonyl (C=O) groups excluding carboxylic acids is 2. The number of benzene rings is 3. The van der Waals surface area contributed by atoms with Crippen LogP contribution in [0.3, 0.4) is 0 Å². The van der Waals surface area contributed by atoms with Gasteiger partial charge in [0.05, 0.1) is 27.7 Å². The molecule has 6 heteroatoms. The zero-order chi connectivity index (χ0) is 22.2. The van der Waals surface area contributed by atoms with Crippen molar-refractivity contribution in [3.63, 3.8) is 0 Å². The number of esters is 1. The molecule has 0 saturated heterocycles. The van der Waals surface area contributed by atoms with Crippen molar-refractivity contribution >= 4 is 40.8 Å². The predicted octanol–water partition coefficient (Wildman–Crippen LogP) is 6.74. The molecule has 0 aromatic heterocycles. The number of carbonyl (C=O) groups is 2. The molecule has 1 amide bonds. The molecule has 0 radical (unpaired) electrons. The van der Waals surface area contributed by atoms with Gasteiger partial charge < -0.3 is 10.1 Å². The van der Waals surface area contributed by atoms with E-state index in [0.717, 1.165) is 30.4 Å². The summed E-state index contributed by atoms with van der Waals surface area (Å²) in [5.74, 6) is -0.429. The molecule has 31 heavy (non-hydrogen) atoms. The normalized spacial score (nSPS) is 10.5. The fourth-order valence-electron chi connectivity index (χ4n) is 3.06. The topological polar surface area (TPSA) is 55.4 Å². The minimum atomic E-state index is -0.484. The Bertz CT molecular complexity index is 1070. The largest absolute Gasteiger partial charge is 0.421 e. The van der Waals surface area contributed by atoms with Crippen molar-refractivity contribution in [1.29, 1.82) is 0 Å². The molecule has 0 atom stereocenters. The Balaban J connectivity index is 1.80. The smallest absolute Gasteiger partial charge is 0.343 e. The first kappa shape index (κ1) is 22.9. The van der Waals surface area contributed by atoms with Crippen LogP contribution in [0.2, 0.25) is 10.0 Å². The summed E-state index contributed by atoms with van der Waals surface area (Å²) in [5, 5.41) is 3.70. The van der Waals surface area contributed by atoms with Crippen LogP contribution in [0.15, 0.2) is 66.7 Å². The number of halogens is 2. The molecule has 3 rings (SSSR count). The molecule has 0 bridgehead atoms. The van der Waals surface area contributed by atoms with Gasteiger partial charge in [-0.05, 0) is 60.4 Å². The lowest BCUT2D eigenvalue weighted by molar-refractivity contribution is -0.115. The summed E-state index contributed by atoms with van der Waals surface area (Å²) < 4.78 is 5.58. The van der Waals surface area contributed by atoms with Crippen LogP contribution in [0.25, 0.3) is 0 Å². The first-order valence-corrected chi connectivity index (χ1v) is 10.9. The molecule has 0 aliphatic carbocycles. The van der Waals surface area contributed by atoms with Crippen molar-refractivity contribution in [3.8, 4) is 5.75 Å². The van der Waals surface area contributed by atoms with E-state index in [9.17, 15) is 9.59 Å². The average molecular weight is 456 g/mol. The third-order valence-electron chi connectivity index (χ3n) is 4.70. The van der Waals surface area contributed by atoms with Gasteiger partial charge in [0.1, 0.15) is 0 Å². The fraction of sp³-hybridized carbons (Fsp3) is 0.200. The molecular weight excluding hydrogens is 433 g/mol. The van der Waals surface area contributed by atoms with Crippen molar-refractivity contribution in [2.24, 2.45) is 0 Å². The van der Waals surface area contributed by atoms with Gasteiger partial charge in [0.2, 0.25) is 5.91 Å². The van der Waals surface area contributed by atoms with Gasteiger partial charge in [0.15, 0.2) is 5.75 Å². The molecule has 0 unspecified atom stereocenters. The molecule has 160 valence electrons. The molecule has 0 spiro atoms. The first-order valence-electron chi connectivity index (χ1n) is 10.1. The number of aryl methyl sites for hydroxylation is 1. The minimum Gasteiger partial charge on any atom is -0.421 e. The van der Waals surface area contributed by atoms with E-state index in [2.05, 4.69) is 12.2 Å². The summed E-state index contributed by atoms with van der Waals surface area (Å²) in [5.41, 5.74) is 2.69.